The van der Waals surface area contributed by atoms with Gasteiger partial charge in [-0.15, -0.1) is 0 Å². The standard InChI is InChI=1S/C21H21NO4S/c1-16(23)20(27(2,25)26)14-15-22-21(24)19-12-10-18(11-13-19)9-8-17-6-4-3-5-7-17/h3-7,10-13,20H,14-15H2,1-2H3,(H,22,24). The summed E-state index contributed by atoms with van der Waals surface area (Å²) in [6.07, 6.45) is 1.08. The molecule has 27 heavy (non-hydrogen) atoms. The SMILES string of the molecule is CC(=O)C(CCNC(=O)c1ccc(C#Cc2ccccc2)cc1)S(C)(=O)=O. The molecule has 1 amide bonds. The first-order valence-electron chi connectivity index (χ1n) is 8.42. The summed E-state index contributed by atoms with van der Waals surface area (Å²) in [6.45, 7) is 1.34. The molecule has 0 aromatic heterocycles. The number of hydrogen-bond acceptors (Lipinski definition) is 4. The quantitative estimate of drug-likeness (QED) is 0.776. The Morgan fingerprint density at radius 1 is 0.963 bits per heavy atom. The Morgan fingerprint density at radius 2 is 1.52 bits per heavy atom. The lowest BCUT2D eigenvalue weighted by molar-refractivity contribution is -0.116. The van der Waals surface area contributed by atoms with E-state index < -0.39 is 20.9 Å². The number of ketones is 1. The van der Waals surface area contributed by atoms with Gasteiger partial charge in [-0.25, -0.2) is 8.42 Å². The van der Waals surface area contributed by atoms with Crippen molar-refractivity contribution in [1.29, 1.82) is 0 Å². The summed E-state index contributed by atoms with van der Waals surface area (Å²) in [7, 11) is -3.48. The van der Waals surface area contributed by atoms with Crippen LogP contribution in [0.25, 0.3) is 0 Å². The summed E-state index contributed by atoms with van der Waals surface area (Å²) in [5, 5.41) is 1.55. The first kappa shape index (κ1) is 20.4. The molecule has 0 fully saturated rings. The topological polar surface area (TPSA) is 80.3 Å². The van der Waals surface area contributed by atoms with Crippen LogP contribution in [-0.2, 0) is 14.6 Å². The van der Waals surface area contributed by atoms with E-state index in [1.165, 1.54) is 6.92 Å². The van der Waals surface area contributed by atoms with E-state index in [0.29, 0.717) is 5.56 Å². The zero-order chi connectivity index (χ0) is 19.9. The third kappa shape index (κ3) is 6.39. The first-order valence-corrected chi connectivity index (χ1v) is 10.4. The van der Waals surface area contributed by atoms with Crippen LogP contribution in [0.4, 0.5) is 0 Å². The van der Waals surface area contributed by atoms with E-state index in [1.54, 1.807) is 24.3 Å². The van der Waals surface area contributed by atoms with Crippen molar-refractivity contribution in [2.45, 2.75) is 18.6 Å². The van der Waals surface area contributed by atoms with Crippen molar-refractivity contribution in [3.8, 4) is 11.8 Å². The van der Waals surface area contributed by atoms with E-state index in [9.17, 15) is 18.0 Å². The van der Waals surface area contributed by atoms with Crippen LogP contribution >= 0.6 is 0 Å². The summed E-state index contributed by atoms with van der Waals surface area (Å²) in [6, 6.07) is 16.4. The molecule has 5 nitrogen and oxygen atoms in total. The maximum Gasteiger partial charge on any atom is 0.251 e. The first-order chi connectivity index (χ1) is 12.8. The molecule has 0 saturated heterocycles. The van der Waals surface area contributed by atoms with Gasteiger partial charge in [0.2, 0.25) is 0 Å². The number of carbonyl (C=O) groups is 2. The molecule has 1 atom stereocenters. The van der Waals surface area contributed by atoms with Gasteiger partial charge in [0.1, 0.15) is 11.0 Å². The van der Waals surface area contributed by atoms with Crippen molar-refractivity contribution in [3.63, 3.8) is 0 Å². The lowest BCUT2D eigenvalue weighted by atomic mass is 10.1. The van der Waals surface area contributed by atoms with Crippen molar-refractivity contribution >= 4 is 21.5 Å². The van der Waals surface area contributed by atoms with Crippen LogP contribution < -0.4 is 5.32 Å². The van der Waals surface area contributed by atoms with E-state index in [1.807, 2.05) is 30.3 Å². The molecule has 2 rings (SSSR count). The van der Waals surface area contributed by atoms with E-state index >= 15 is 0 Å². The van der Waals surface area contributed by atoms with Gasteiger partial charge in [0.25, 0.3) is 5.91 Å². The lowest BCUT2D eigenvalue weighted by Gasteiger charge is -2.12. The monoisotopic (exact) mass is 383 g/mol. The second-order valence-electron chi connectivity index (χ2n) is 6.17. The molecule has 6 heteroatoms. The fourth-order valence-electron chi connectivity index (χ4n) is 2.51. The minimum absolute atomic E-state index is 0.0561. The fourth-order valence-corrected chi connectivity index (χ4v) is 3.66. The van der Waals surface area contributed by atoms with Gasteiger partial charge < -0.3 is 5.32 Å². The molecule has 2 aromatic rings. The van der Waals surface area contributed by atoms with E-state index in [-0.39, 0.29) is 18.9 Å². The summed E-state index contributed by atoms with van der Waals surface area (Å²) < 4.78 is 23.1. The average molecular weight is 383 g/mol. The van der Waals surface area contributed by atoms with E-state index in [4.69, 9.17) is 0 Å². The van der Waals surface area contributed by atoms with Crippen LogP contribution in [0.3, 0.4) is 0 Å². The number of Topliss-reactive ketones (excluding diaryl/α,β-unsaturated/α-hetero) is 1. The zero-order valence-electron chi connectivity index (χ0n) is 15.2. The van der Waals surface area contributed by atoms with Gasteiger partial charge in [-0.2, -0.15) is 0 Å². The smallest absolute Gasteiger partial charge is 0.251 e. The van der Waals surface area contributed by atoms with Crippen molar-refractivity contribution in [1.82, 2.24) is 5.32 Å². The molecule has 0 bridgehead atoms. The highest BCUT2D eigenvalue weighted by Gasteiger charge is 2.25. The highest BCUT2D eigenvalue weighted by atomic mass is 32.2. The summed E-state index contributed by atoms with van der Waals surface area (Å²) in [5.74, 6) is 5.32. The van der Waals surface area contributed by atoms with Crippen LogP contribution in [0.15, 0.2) is 54.6 Å². The molecular formula is C21H21NO4S. The van der Waals surface area contributed by atoms with Gasteiger partial charge in [-0.05, 0) is 49.7 Å². The Labute approximate surface area is 159 Å². The van der Waals surface area contributed by atoms with Gasteiger partial charge in [0.15, 0.2) is 9.84 Å². The van der Waals surface area contributed by atoms with Crippen LogP contribution in [-0.4, -0.2) is 38.2 Å². The molecule has 0 radical (unpaired) electrons. The number of hydrogen-bond donors (Lipinski definition) is 1. The molecule has 140 valence electrons. The van der Waals surface area contributed by atoms with Crippen molar-refractivity contribution in [2.75, 3.05) is 12.8 Å². The molecule has 0 aliphatic rings. The largest absolute Gasteiger partial charge is 0.352 e. The fraction of sp³-hybridized carbons (Fsp3) is 0.238. The number of amides is 1. The number of rotatable bonds is 6. The third-order valence-electron chi connectivity index (χ3n) is 3.93. The van der Waals surface area contributed by atoms with Crippen LogP contribution in [0.5, 0.6) is 0 Å². The molecule has 1 unspecified atom stereocenters. The second-order valence-corrected chi connectivity index (χ2v) is 8.39. The van der Waals surface area contributed by atoms with Crippen LogP contribution in [0.2, 0.25) is 0 Å². The molecular weight excluding hydrogens is 362 g/mol. The molecule has 0 saturated carbocycles. The zero-order valence-corrected chi connectivity index (χ0v) is 16.0. The second kappa shape index (κ2) is 9.15. The highest BCUT2D eigenvalue weighted by Crippen LogP contribution is 2.07. The maximum atomic E-state index is 12.2. The summed E-state index contributed by atoms with van der Waals surface area (Å²) >= 11 is 0. The lowest BCUT2D eigenvalue weighted by Crippen LogP contribution is -2.33. The van der Waals surface area contributed by atoms with Gasteiger partial charge in [0.05, 0.1) is 0 Å². The molecule has 1 N–H and O–H groups in total. The number of carbonyl (C=O) groups excluding carboxylic acids is 2. The normalized spacial score (nSPS) is 11.8. The van der Waals surface area contributed by atoms with Gasteiger partial charge in [0, 0.05) is 29.5 Å². The van der Waals surface area contributed by atoms with Crippen molar-refractivity contribution < 1.29 is 18.0 Å². The maximum absolute atomic E-state index is 12.2. The predicted octanol–water partition coefficient (Wildman–Crippen LogP) is 2.21. The number of sulfone groups is 1. The van der Waals surface area contributed by atoms with E-state index in [0.717, 1.165) is 17.4 Å². The Balaban J connectivity index is 1.94. The Hall–Kier alpha value is -2.91. The van der Waals surface area contributed by atoms with Gasteiger partial charge in [-0.1, -0.05) is 30.0 Å². The Bertz CT molecular complexity index is 968. The predicted molar refractivity (Wildman–Crippen MR) is 105 cm³/mol. The number of nitrogens with one attached hydrogen (secondary N) is 1. The summed E-state index contributed by atoms with van der Waals surface area (Å²) in [5.41, 5.74) is 2.13. The van der Waals surface area contributed by atoms with Crippen LogP contribution in [0.1, 0.15) is 34.8 Å². The molecule has 0 heterocycles. The van der Waals surface area contributed by atoms with Gasteiger partial charge in [-0.3, -0.25) is 9.59 Å². The van der Waals surface area contributed by atoms with Crippen LogP contribution in [0, 0.1) is 11.8 Å². The Kier molecular flexibility index (Phi) is 6.91. The van der Waals surface area contributed by atoms with Gasteiger partial charge >= 0.3 is 0 Å². The third-order valence-corrected chi connectivity index (χ3v) is 5.54. The number of benzene rings is 2. The minimum atomic E-state index is -3.48. The molecule has 2 aromatic carbocycles. The summed E-state index contributed by atoms with van der Waals surface area (Å²) in [4.78, 5) is 23.6. The molecule has 0 aliphatic carbocycles. The van der Waals surface area contributed by atoms with E-state index in [2.05, 4.69) is 17.2 Å². The Morgan fingerprint density at radius 3 is 2.04 bits per heavy atom. The van der Waals surface area contributed by atoms with Crippen molar-refractivity contribution in [3.05, 3.63) is 71.3 Å². The molecule has 0 aliphatic heterocycles. The van der Waals surface area contributed by atoms with Crippen molar-refractivity contribution in [2.24, 2.45) is 0 Å². The minimum Gasteiger partial charge on any atom is -0.352 e. The molecule has 0 spiro atoms. The highest BCUT2D eigenvalue weighted by molar-refractivity contribution is 7.92. The average Bonchev–Trinajstić information content (AvgIpc) is 2.63.